The maximum absolute atomic E-state index is 12.9. The number of nitrogens with zero attached hydrogens (tertiary/aromatic N) is 2. The van der Waals surface area contributed by atoms with Gasteiger partial charge >= 0.3 is 0 Å². The molecule has 2 heterocycles. The van der Waals surface area contributed by atoms with Crippen LogP contribution in [0, 0.1) is 0 Å². The Balaban J connectivity index is 1.22. The number of fused-ring (bicyclic) bond motifs is 1. The summed E-state index contributed by atoms with van der Waals surface area (Å²) < 4.78 is 26.3. The lowest BCUT2D eigenvalue weighted by atomic mass is 9.99. The lowest BCUT2D eigenvalue weighted by Gasteiger charge is -2.28. The Labute approximate surface area is 223 Å². The molecule has 2 amide bonds. The molecule has 2 aliphatic rings. The summed E-state index contributed by atoms with van der Waals surface area (Å²) >= 11 is 0. The van der Waals surface area contributed by atoms with Crippen LogP contribution in [-0.4, -0.2) is 51.0 Å². The van der Waals surface area contributed by atoms with Crippen molar-refractivity contribution in [2.24, 2.45) is 0 Å². The van der Waals surface area contributed by atoms with Crippen LogP contribution in [0.4, 0.5) is 11.4 Å². The molecule has 8 nitrogen and oxygen atoms in total. The predicted octanol–water partition coefficient (Wildman–Crippen LogP) is 3.79. The van der Waals surface area contributed by atoms with Crippen molar-refractivity contribution in [3.8, 4) is 0 Å². The van der Waals surface area contributed by atoms with Crippen molar-refractivity contribution in [1.82, 2.24) is 10.2 Å². The monoisotopic (exact) mass is 532 g/mol. The fraction of sp³-hybridized carbons (Fsp3) is 0.310. The van der Waals surface area contributed by atoms with E-state index in [4.69, 9.17) is 0 Å². The van der Waals surface area contributed by atoms with Crippen molar-refractivity contribution in [2.75, 3.05) is 35.5 Å². The lowest BCUT2D eigenvalue weighted by molar-refractivity contribution is 0.0950. The lowest BCUT2D eigenvalue weighted by Crippen LogP contribution is -2.38. The summed E-state index contributed by atoms with van der Waals surface area (Å²) in [7, 11) is -1.26. The van der Waals surface area contributed by atoms with E-state index in [-0.39, 0.29) is 24.1 Å². The number of hydrogen-bond donors (Lipinski definition) is 2. The number of rotatable bonds is 6. The number of nitrogens with one attached hydrogen (secondary N) is 2. The van der Waals surface area contributed by atoms with Gasteiger partial charge in [-0.3, -0.25) is 13.9 Å². The van der Waals surface area contributed by atoms with Crippen molar-refractivity contribution >= 4 is 33.2 Å². The van der Waals surface area contributed by atoms with Gasteiger partial charge in [-0.05, 0) is 85.5 Å². The van der Waals surface area contributed by atoms with E-state index in [0.717, 1.165) is 37.2 Å². The van der Waals surface area contributed by atoms with Gasteiger partial charge in [-0.2, -0.15) is 0 Å². The van der Waals surface area contributed by atoms with Crippen LogP contribution in [0.15, 0.2) is 66.7 Å². The second-order valence-electron chi connectivity index (χ2n) is 9.95. The molecule has 5 rings (SSSR count). The first-order valence-electron chi connectivity index (χ1n) is 12.9. The molecule has 38 heavy (non-hydrogen) atoms. The molecule has 9 heteroatoms. The third kappa shape index (κ3) is 5.89. The van der Waals surface area contributed by atoms with E-state index in [1.165, 1.54) is 15.4 Å². The average molecular weight is 533 g/mol. The third-order valence-corrected chi connectivity index (χ3v) is 8.92. The highest BCUT2D eigenvalue weighted by molar-refractivity contribution is 7.92. The first kappa shape index (κ1) is 25.9. The molecule has 3 aromatic rings. The summed E-state index contributed by atoms with van der Waals surface area (Å²) in [6, 6.07) is 19.9. The standard InChI is InChI=1S/C29H32N4O4S/c1-32-14-12-22-10-11-26(17-25(22)20-32)31-29(35)23-7-4-6-21(16-23)19-30-28(34)24-8-5-9-27(18-24)33-13-2-3-15-38(33,36)37/h4-11,16-18H,2-3,12-15,19-20H2,1H3,(H,30,34)(H,31,35). The quantitative estimate of drug-likeness (QED) is 0.503. The summed E-state index contributed by atoms with van der Waals surface area (Å²) in [4.78, 5) is 28.1. The van der Waals surface area contributed by atoms with Gasteiger partial charge < -0.3 is 15.5 Å². The maximum Gasteiger partial charge on any atom is 0.255 e. The van der Waals surface area contributed by atoms with E-state index in [2.05, 4.69) is 28.6 Å². The Hall–Kier alpha value is -3.69. The average Bonchev–Trinajstić information content (AvgIpc) is 2.91. The minimum atomic E-state index is -3.36. The van der Waals surface area contributed by atoms with E-state index in [9.17, 15) is 18.0 Å². The van der Waals surface area contributed by atoms with E-state index < -0.39 is 10.0 Å². The zero-order chi connectivity index (χ0) is 26.7. The Kier molecular flexibility index (Phi) is 7.49. The van der Waals surface area contributed by atoms with Crippen molar-refractivity contribution in [1.29, 1.82) is 0 Å². The zero-order valence-electron chi connectivity index (χ0n) is 21.4. The zero-order valence-corrected chi connectivity index (χ0v) is 22.3. The Bertz CT molecular complexity index is 1470. The van der Waals surface area contributed by atoms with Gasteiger partial charge in [-0.1, -0.05) is 24.3 Å². The van der Waals surface area contributed by atoms with Crippen LogP contribution in [0.5, 0.6) is 0 Å². The first-order valence-corrected chi connectivity index (χ1v) is 14.5. The molecule has 0 radical (unpaired) electrons. The summed E-state index contributed by atoms with van der Waals surface area (Å²) in [5, 5.41) is 5.86. The normalized spacial score (nSPS) is 16.9. The number of sulfonamides is 1. The smallest absolute Gasteiger partial charge is 0.255 e. The summed E-state index contributed by atoms with van der Waals surface area (Å²) in [6.45, 7) is 2.56. The second-order valence-corrected chi connectivity index (χ2v) is 12.0. The number of amides is 2. The van der Waals surface area contributed by atoms with Crippen LogP contribution in [0.3, 0.4) is 0 Å². The summed E-state index contributed by atoms with van der Waals surface area (Å²) in [6.07, 6.45) is 2.46. The van der Waals surface area contributed by atoms with E-state index in [0.29, 0.717) is 29.8 Å². The number of hydrogen-bond acceptors (Lipinski definition) is 5. The first-order chi connectivity index (χ1) is 18.3. The molecule has 2 N–H and O–H groups in total. The van der Waals surface area contributed by atoms with E-state index >= 15 is 0 Å². The molecule has 1 saturated heterocycles. The fourth-order valence-electron chi connectivity index (χ4n) is 4.97. The Morgan fingerprint density at radius 2 is 1.66 bits per heavy atom. The van der Waals surface area contributed by atoms with Crippen molar-refractivity contribution in [2.45, 2.75) is 32.4 Å². The molecule has 0 spiro atoms. The molecule has 0 bridgehead atoms. The van der Waals surface area contributed by atoms with Gasteiger partial charge in [0.15, 0.2) is 0 Å². The maximum atomic E-state index is 12.9. The number of benzene rings is 3. The third-order valence-electron chi connectivity index (χ3n) is 7.06. The highest BCUT2D eigenvalue weighted by Crippen LogP contribution is 2.25. The van der Waals surface area contributed by atoms with E-state index in [1.54, 1.807) is 42.5 Å². The van der Waals surface area contributed by atoms with Gasteiger partial charge in [0.1, 0.15) is 0 Å². The number of anilines is 2. The summed E-state index contributed by atoms with van der Waals surface area (Å²) in [5.41, 5.74) is 5.49. The second kappa shape index (κ2) is 11.0. The Morgan fingerprint density at radius 1 is 0.868 bits per heavy atom. The van der Waals surface area contributed by atoms with Crippen LogP contribution >= 0.6 is 0 Å². The molecule has 0 aromatic heterocycles. The molecule has 2 aliphatic heterocycles. The molecule has 198 valence electrons. The van der Waals surface area contributed by atoms with Crippen LogP contribution < -0.4 is 14.9 Å². The van der Waals surface area contributed by atoms with E-state index in [1.807, 2.05) is 18.2 Å². The molecule has 3 aromatic carbocycles. The van der Waals surface area contributed by atoms with Crippen LogP contribution in [0.1, 0.15) is 50.2 Å². The highest BCUT2D eigenvalue weighted by Gasteiger charge is 2.26. The minimum Gasteiger partial charge on any atom is -0.348 e. The molecule has 0 atom stereocenters. The van der Waals surface area contributed by atoms with Gasteiger partial charge in [0.2, 0.25) is 10.0 Å². The van der Waals surface area contributed by atoms with Crippen molar-refractivity contribution in [3.05, 3.63) is 94.5 Å². The van der Waals surface area contributed by atoms with Gasteiger partial charge in [-0.25, -0.2) is 8.42 Å². The number of carbonyl (C=O) groups is 2. The van der Waals surface area contributed by atoms with Gasteiger partial charge in [0.05, 0.1) is 11.4 Å². The van der Waals surface area contributed by atoms with Gasteiger partial charge in [0, 0.05) is 43.0 Å². The largest absolute Gasteiger partial charge is 0.348 e. The number of likely N-dealkylation sites (N-methyl/N-ethyl adjacent to an activating group) is 1. The predicted molar refractivity (Wildman–Crippen MR) is 149 cm³/mol. The topological polar surface area (TPSA) is 98.8 Å². The molecule has 1 fully saturated rings. The number of carbonyl (C=O) groups excluding carboxylic acids is 2. The molecule has 0 aliphatic carbocycles. The summed E-state index contributed by atoms with van der Waals surface area (Å²) in [5.74, 6) is -0.398. The molecular formula is C29H32N4O4S. The van der Waals surface area contributed by atoms with Gasteiger partial charge in [-0.15, -0.1) is 0 Å². The highest BCUT2D eigenvalue weighted by atomic mass is 32.2. The van der Waals surface area contributed by atoms with Crippen molar-refractivity contribution < 1.29 is 18.0 Å². The van der Waals surface area contributed by atoms with Gasteiger partial charge in [0.25, 0.3) is 11.8 Å². The minimum absolute atomic E-state index is 0.122. The molecular weight excluding hydrogens is 500 g/mol. The molecule has 0 saturated carbocycles. The Morgan fingerprint density at radius 3 is 2.47 bits per heavy atom. The van der Waals surface area contributed by atoms with Crippen molar-refractivity contribution in [3.63, 3.8) is 0 Å². The SMILES string of the molecule is CN1CCc2ccc(NC(=O)c3cccc(CNC(=O)c4cccc(N5CCCCS5(=O)=O)c4)c3)cc2C1. The van der Waals surface area contributed by atoms with Crippen LogP contribution in [-0.2, 0) is 29.5 Å². The fourth-order valence-corrected chi connectivity index (χ4v) is 6.60. The van der Waals surface area contributed by atoms with Crippen LogP contribution in [0.2, 0.25) is 0 Å². The molecule has 0 unspecified atom stereocenters. The van der Waals surface area contributed by atoms with Crippen LogP contribution in [0.25, 0.3) is 0 Å².